The Kier molecular flexibility index (Phi) is 3.58. The van der Waals surface area contributed by atoms with Crippen LogP contribution < -0.4 is 4.90 Å². The molecule has 1 saturated heterocycles. The van der Waals surface area contributed by atoms with E-state index in [1.54, 1.807) is 6.20 Å². The van der Waals surface area contributed by atoms with Crippen LogP contribution in [0.25, 0.3) is 0 Å². The molecule has 1 fully saturated rings. The van der Waals surface area contributed by atoms with E-state index in [1.165, 1.54) is 0 Å². The van der Waals surface area contributed by atoms with E-state index >= 15 is 0 Å². The molecule has 1 unspecified atom stereocenters. The number of nitrogens with zero attached hydrogens (tertiary/aromatic N) is 2. The molecular weight excluding hydrogens is 260 g/mol. The molecule has 0 spiro atoms. The summed E-state index contributed by atoms with van der Waals surface area (Å²) in [6, 6.07) is 3.81. The zero-order chi connectivity index (χ0) is 12.5. The van der Waals surface area contributed by atoms with Gasteiger partial charge >= 0.3 is 0 Å². The van der Waals surface area contributed by atoms with E-state index in [-0.39, 0.29) is 17.5 Å². The Morgan fingerprint density at radius 3 is 3.00 bits per heavy atom. The predicted octanol–water partition coefficient (Wildman–Crippen LogP) is 1.44. The molecule has 1 aromatic rings. The molecule has 17 heavy (non-hydrogen) atoms. The van der Waals surface area contributed by atoms with Crippen LogP contribution in [0.4, 0.5) is 5.69 Å². The standard InChI is InChI=1S/C11H15ClN2O2S/c1-9-8-17(15,16)5-4-14(9)11-2-3-13-10(6-11)7-12/h2-3,6,9H,4-5,7-8H2,1H3. The summed E-state index contributed by atoms with van der Waals surface area (Å²) >= 11 is 5.74. The average molecular weight is 275 g/mol. The summed E-state index contributed by atoms with van der Waals surface area (Å²) in [5, 5.41) is 0. The van der Waals surface area contributed by atoms with Crippen molar-refractivity contribution in [1.82, 2.24) is 4.98 Å². The number of hydrogen-bond acceptors (Lipinski definition) is 4. The Bertz CT molecular complexity index is 504. The number of sulfone groups is 1. The van der Waals surface area contributed by atoms with Crippen molar-refractivity contribution < 1.29 is 8.42 Å². The Hall–Kier alpha value is -0.810. The SMILES string of the molecule is CC1CS(=O)(=O)CCN1c1ccnc(CCl)c1. The summed E-state index contributed by atoms with van der Waals surface area (Å²) in [5.41, 5.74) is 1.81. The first-order valence-corrected chi connectivity index (χ1v) is 7.85. The van der Waals surface area contributed by atoms with E-state index in [0.717, 1.165) is 11.4 Å². The number of aromatic nitrogens is 1. The van der Waals surface area contributed by atoms with Crippen LogP contribution in [-0.2, 0) is 15.7 Å². The minimum absolute atomic E-state index is 0.000625. The molecule has 1 atom stereocenters. The third-order valence-electron chi connectivity index (χ3n) is 2.94. The summed E-state index contributed by atoms with van der Waals surface area (Å²) in [7, 11) is -2.87. The summed E-state index contributed by atoms with van der Waals surface area (Å²) in [6.07, 6.45) is 1.71. The van der Waals surface area contributed by atoms with E-state index in [2.05, 4.69) is 9.88 Å². The molecule has 6 heteroatoms. The molecule has 1 aromatic heterocycles. The second-order valence-corrected chi connectivity index (χ2v) is 6.79. The molecule has 0 aromatic carbocycles. The molecule has 2 heterocycles. The van der Waals surface area contributed by atoms with Crippen LogP contribution in [0.3, 0.4) is 0 Å². The topological polar surface area (TPSA) is 50.3 Å². The van der Waals surface area contributed by atoms with Crippen molar-refractivity contribution in [1.29, 1.82) is 0 Å². The third kappa shape index (κ3) is 2.90. The zero-order valence-corrected chi connectivity index (χ0v) is 11.2. The van der Waals surface area contributed by atoms with Gasteiger partial charge < -0.3 is 4.90 Å². The second kappa shape index (κ2) is 4.82. The Morgan fingerprint density at radius 1 is 1.59 bits per heavy atom. The Balaban J connectivity index is 2.23. The quantitative estimate of drug-likeness (QED) is 0.766. The van der Waals surface area contributed by atoms with E-state index < -0.39 is 9.84 Å². The van der Waals surface area contributed by atoms with Gasteiger partial charge in [0, 0.05) is 24.5 Å². The highest BCUT2D eigenvalue weighted by atomic mass is 35.5. The minimum atomic E-state index is -2.87. The molecular formula is C11H15ClN2O2S. The summed E-state index contributed by atoms with van der Waals surface area (Å²) in [4.78, 5) is 6.23. The van der Waals surface area contributed by atoms with Gasteiger partial charge in [-0.3, -0.25) is 4.98 Å². The van der Waals surface area contributed by atoms with Crippen molar-refractivity contribution in [2.45, 2.75) is 18.8 Å². The molecule has 0 saturated carbocycles. The fraction of sp³-hybridized carbons (Fsp3) is 0.545. The lowest BCUT2D eigenvalue weighted by Crippen LogP contribution is -2.47. The van der Waals surface area contributed by atoms with Crippen LogP contribution in [0.5, 0.6) is 0 Å². The Labute approximate surface area is 107 Å². The van der Waals surface area contributed by atoms with Crippen molar-refractivity contribution in [3.63, 3.8) is 0 Å². The first-order valence-electron chi connectivity index (χ1n) is 5.50. The normalized spacial score (nSPS) is 23.6. The number of hydrogen-bond donors (Lipinski definition) is 0. The summed E-state index contributed by atoms with van der Waals surface area (Å²) in [6.45, 7) is 2.47. The van der Waals surface area contributed by atoms with Gasteiger partial charge in [0.05, 0.1) is 23.1 Å². The van der Waals surface area contributed by atoms with Crippen molar-refractivity contribution in [2.75, 3.05) is 23.0 Å². The van der Waals surface area contributed by atoms with Gasteiger partial charge in [0.1, 0.15) is 0 Å². The van der Waals surface area contributed by atoms with Crippen LogP contribution >= 0.6 is 11.6 Å². The average Bonchev–Trinajstić information content (AvgIpc) is 2.28. The number of anilines is 1. The van der Waals surface area contributed by atoms with Crippen LogP contribution in [0.15, 0.2) is 18.3 Å². The molecule has 0 amide bonds. The number of pyridine rings is 1. The van der Waals surface area contributed by atoms with E-state index in [0.29, 0.717) is 12.4 Å². The highest BCUT2D eigenvalue weighted by Crippen LogP contribution is 2.22. The molecule has 0 N–H and O–H groups in total. The monoisotopic (exact) mass is 274 g/mol. The van der Waals surface area contributed by atoms with E-state index in [9.17, 15) is 8.42 Å². The fourth-order valence-electron chi connectivity index (χ4n) is 2.10. The highest BCUT2D eigenvalue weighted by Gasteiger charge is 2.28. The smallest absolute Gasteiger partial charge is 0.154 e. The maximum Gasteiger partial charge on any atom is 0.154 e. The van der Waals surface area contributed by atoms with Gasteiger partial charge in [0.25, 0.3) is 0 Å². The van der Waals surface area contributed by atoms with Crippen molar-refractivity contribution >= 4 is 27.1 Å². The molecule has 0 aliphatic carbocycles. The van der Waals surface area contributed by atoms with Crippen molar-refractivity contribution in [3.8, 4) is 0 Å². The van der Waals surface area contributed by atoms with Gasteiger partial charge in [-0.15, -0.1) is 11.6 Å². The molecule has 94 valence electrons. The fourth-order valence-corrected chi connectivity index (χ4v) is 3.80. The van der Waals surface area contributed by atoms with E-state index in [1.807, 2.05) is 19.1 Å². The summed E-state index contributed by atoms with van der Waals surface area (Å²) in [5.74, 6) is 0.801. The Morgan fingerprint density at radius 2 is 2.35 bits per heavy atom. The van der Waals surface area contributed by atoms with Gasteiger partial charge in [0.15, 0.2) is 9.84 Å². The lowest BCUT2D eigenvalue weighted by molar-refractivity contribution is 0.568. The van der Waals surface area contributed by atoms with Crippen molar-refractivity contribution in [2.24, 2.45) is 0 Å². The van der Waals surface area contributed by atoms with Crippen LogP contribution in [0, 0.1) is 0 Å². The number of halogens is 1. The molecule has 1 aliphatic heterocycles. The van der Waals surface area contributed by atoms with Gasteiger partial charge in [0.2, 0.25) is 0 Å². The minimum Gasteiger partial charge on any atom is -0.367 e. The number of alkyl halides is 1. The highest BCUT2D eigenvalue weighted by molar-refractivity contribution is 7.91. The molecule has 4 nitrogen and oxygen atoms in total. The van der Waals surface area contributed by atoms with Crippen molar-refractivity contribution in [3.05, 3.63) is 24.0 Å². The summed E-state index contributed by atoms with van der Waals surface area (Å²) < 4.78 is 23.0. The van der Waals surface area contributed by atoms with Gasteiger partial charge in [-0.2, -0.15) is 0 Å². The molecule has 0 bridgehead atoms. The molecule has 1 aliphatic rings. The van der Waals surface area contributed by atoms with Gasteiger partial charge in [-0.05, 0) is 19.1 Å². The second-order valence-electron chi connectivity index (χ2n) is 4.30. The van der Waals surface area contributed by atoms with Crippen LogP contribution in [0.1, 0.15) is 12.6 Å². The van der Waals surface area contributed by atoms with Gasteiger partial charge in [-0.25, -0.2) is 8.42 Å². The largest absolute Gasteiger partial charge is 0.367 e. The predicted molar refractivity (Wildman–Crippen MR) is 69.3 cm³/mol. The first-order chi connectivity index (χ1) is 8.02. The lowest BCUT2D eigenvalue weighted by atomic mass is 10.2. The third-order valence-corrected chi connectivity index (χ3v) is 5.01. The maximum atomic E-state index is 11.5. The maximum absolute atomic E-state index is 11.5. The first kappa shape index (κ1) is 12.6. The van der Waals surface area contributed by atoms with Gasteiger partial charge in [-0.1, -0.05) is 0 Å². The van der Waals surface area contributed by atoms with E-state index in [4.69, 9.17) is 11.6 Å². The van der Waals surface area contributed by atoms with Crippen LogP contribution in [0.2, 0.25) is 0 Å². The lowest BCUT2D eigenvalue weighted by Gasteiger charge is -2.35. The molecule has 2 rings (SSSR count). The van der Waals surface area contributed by atoms with Crippen LogP contribution in [-0.4, -0.2) is 37.5 Å². The zero-order valence-electron chi connectivity index (χ0n) is 9.63. The molecule has 0 radical (unpaired) electrons. The number of rotatable bonds is 2.